The number of rotatable bonds is 7. The Balaban J connectivity index is 1.19. The van der Waals surface area contributed by atoms with E-state index in [4.69, 9.17) is 4.74 Å². The molecular formula is C27H23FN6O2S. The minimum Gasteiger partial charge on any atom is -0.497 e. The third-order valence-electron chi connectivity index (χ3n) is 5.90. The summed E-state index contributed by atoms with van der Waals surface area (Å²) in [6.07, 6.45) is 4.60. The average molecular weight is 515 g/mol. The van der Waals surface area contributed by atoms with Crippen molar-refractivity contribution in [3.05, 3.63) is 87.4 Å². The highest BCUT2D eigenvalue weighted by Crippen LogP contribution is 2.36. The standard InChI is InChI=1S/C27H23FN6O2S/c1-36-22-11-8-19(9-12-22)16-34-32-25(31-33-34)15-23(28)27(35)29-21-7-2-4-18(14-21)10-13-26-30-24(17-37-26)20-5-3-6-20/h2,4,7-9,11-12,14-15,17,20H,3,5-6,16H2,1H3,(H,29,35)/b23-15+. The molecule has 1 N–H and O–H groups in total. The first-order valence-corrected chi connectivity index (χ1v) is 12.6. The number of nitrogens with one attached hydrogen (secondary N) is 1. The number of carbonyl (C=O) groups is 1. The average Bonchev–Trinajstić information content (AvgIpc) is 3.52. The molecule has 0 saturated heterocycles. The highest BCUT2D eigenvalue weighted by Gasteiger charge is 2.21. The van der Waals surface area contributed by atoms with Crippen LogP contribution in [0, 0.1) is 11.8 Å². The molecule has 1 aliphatic rings. The van der Waals surface area contributed by atoms with E-state index in [0.29, 0.717) is 23.7 Å². The van der Waals surface area contributed by atoms with Crippen molar-refractivity contribution in [2.24, 2.45) is 0 Å². The fourth-order valence-electron chi connectivity index (χ4n) is 3.68. The normalized spacial score (nSPS) is 13.4. The molecule has 1 aliphatic carbocycles. The molecule has 10 heteroatoms. The second-order valence-electron chi connectivity index (χ2n) is 8.51. The Kier molecular flexibility index (Phi) is 7.33. The molecule has 0 atom stereocenters. The van der Waals surface area contributed by atoms with Gasteiger partial charge in [-0.3, -0.25) is 4.79 Å². The molecule has 4 aromatic rings. The van der Waals surface area contributed by atoms with Crippen LogP contribution in [0.1, 0.15) is 52.8 Å². The van der Waals surface area contributed by atoms with E-state index in [1.165, 1.54) is 35.4 Å². The number of anilines is 1. The quantitative estimate of drug-likeness (QED) is 0.281. The molecule has 1 amide bonds. The van der Waals surface area contributed by atoms with Crippen LogP contribution in [0.15, 0.2) is 59.7 Å². The largest absolute Gasteiger partial charge is 0.497 e. The van der Waals surface area contributed by atoms with Crippen molar-refractivity contribution in [2.75, 3.05) is 12.4 Å². The minimum absolute atomic E-state index is 0.00880. The number of methoxy groups -OCH3 is 1. The Morgan fingerprint density at radius 1 is 1.24 bits per heavy atom. The fraction of sp³-hybridized carbons (Fsp3) is 0.222. The third kappa shape index (κ3) is 6.26. The Hall–Kier alpha value is -4.36. The number of nitrogens with zero attached hydrogens (tertiary/aromatic N) is 5. The monoisotopic (exact) mass is 514 g/mol. The van der Waals surface area contributed by atoms with Gasteiger partial charge >= 0.3 is 0 Å². The highest BCUT2D eigenvalue weighted by molar-refractivity contribution is 7.10. The van der Waals surface area contributed by atoms with Crippen LogP contribution >= 0.6 is 11.3 Å². The summed E-state index contributed by atoms with van der Waals surface area (Å²) in [5, 5.41) is 17.2. The SMILES string of the molecule is COc1ccc(Cn2nnc(/C=C(/F)C(=O)Nc3cccc(C#Cc4nc(C5CCC5)cs4)c3)n2)cc1. The van der Waals surface area contributed by atoms with Crippen molar-refractivity contribution >= 4 is 29.0 Å². The Labute approximate surface area is 217 Å². The van der Waals surface area contributed by atoms with Gasteiger partial charge in [-0.05, 0) is 59.9 Å². The first kappa shape index (κ1) is 24.3. The van der Waals surface area contributed by atoms with E-state index in [2.05, 4.69) is 42.9 Å². The van der Waals surface area contributed by atoms with E-state index in [1.54, 1.807) is 25.3 Å². The molecule has 8 nitrogen and oxygen atoms in total. The van der Waals surface area contributed by atoms with Gasteiger partial charge in [0, 0.05) is 28.6 Å². The zero-order chi connectivity index (χ0) is 25.6. The summed E-state index contributed by atoms with van der Waals surface area (Å²) >= 11 is 1.53. The summed E-state index contributed by atoms with van der Waals surface area (Å²) in [6.45, 7) is 0.343. The molecule has 186 valence electrons. The van der Waals surface area contributed by atoms with Crippen molar-refractivity contribution in [3.8, 4) is 17.6 Å². The molecule has 0 spiro atoms. The Bertz CT molecular complexity index is 1490. The number of ether oxygens (including phenoxy) is 1. The predicted molar refractivity (Wildman–Crippen MR) is 139 cm³/mol. The number of halogens is 1. The highest BCUT2D eigenvalue weighted by atomic mass is 32.1. The van der Waals surface area contributed by atoms with Crippen molar-refractivity contribution in [1.82, 2.24) is 25.2 Å². The molecule has 2 aromatic heterocycles. The van der Waals surface area contributed by atoms with Crippen LogP contribution in [0.3, 0.4) is 0 Å². The minimum atomic E-state index is -1.04. The van der Waals surface area contributed by atoms with E-state index in [9.17, 15) is 9.18 Å². The van der Waals surface area contributed by atoms with Gasteiger partial charge in [-0.1, -0.05) is 30.5 Å². The molecule has 1 fully saturated rings. The summed E-state index contributed by atoms with van der Waals surface area (Å²) in [7, 11) is 1.59. The number of aromatic nitrogens is 5. The lowest BCUT2D eigenvalue weighted by atomic mass is 9.83. The lowest BCUT2D eigenvalue weighted by molar-refractivity contribution is -0.114. The van der Waals surface area contributed by atoms with Crippen LogP contribution in [0.2, 0.25) is 0 Å². The molecule has 0 radical (unpaired) electrons. The van der Waals surface area contributed by atoms with Gasteiger partial charge in [0.05, 0.1) is 19.3 Å². The lowest BCUT2D eigenvalue weighted by Crippen LogP contribution is -2.12. The fourth-order valence-corrected chi connectivity index (χ4v) is 4.43. The van der Waals surface area contributed by atoms with Crippen LogP contribution in [0.25, 0.3) is 6.08 Å². The second-order valence-corrected chi connectivity index (χ2v) is 9.37. The Morgan fingerprint density at radius 2 is 2.08 bits per heavy atom. The van der Waals surface area contributed by atoms with Crippen molar-refractivity contribution in [1.29, 1.82) is 0 Å². The molecular weight excluding hydrogens is 491 g/mol. The first-order valence-electron chi connectivity index (χ1n) is 11.7. The van der Waals surface area contributed by atoms with Crippen LogP contribution in [-0.2, 0) is 11.3 Å². The van der Waals surface area contributed by atoms with E-state index in [0.717, 1.165) is 28.1 Å². The maximum absolute atomic E-state index is 14.5. The van der Waals surface area contributed by atoms with Crippen LogP contribution in [0.4, 0.5) is 10.1 Å². The smallest absolute Gasteiger partial charge is 0.284 e. The number of benzene rings is 2. The van der Waals surface area contributed by atoms with Gasteiger partial charge in [-0.25, -0.2) is 9.37 Å². The zero-order valence-electron chi connectivity index (χ0n) is 20.0. The number of hydrogen-bond acceptors (Lipinski definition) is 7. The van der Waals surface area contributed by atoms with Crippen molar-refractivity contribution in [3.63, 3.8) is 0 Å². The molecule has 0 aliphatic heterocycles. The number of amides is 1. The maximum atomic E-state index is 14.5. The third-order valence-corrected chi connectivity index (χ3v) is 6.68. The zero-order valence-corrected chi connectivity index (χ0v) is 20.8. The predicted octanol–water partition coefficient (Wildman–Crippen LogP) is 4.80. The van der Waals surface area contributed by atoms with E-state index < -0.39 is 11.7 Å². The second kappa shape index (κ2) is 11.1. The summed E-state index contributed by atoms with van der Waals surface area (Å²) < 4.78 is 19.7. The van der Waals surface area contributed by atoms with Crippen LogP contribution in [-0.4, -0.2) is 38.2 Å². The number of hydrogen-bond donors (Lipinski definition) is 1. The van der Waals surface area contributed by atoms with Gasteiger partial charge in [0.2, 0.25) is 5.82 Å². The number of carbonyl (C=O) groups excluding carboxylic acids is 1. The van der Waals surface area contributed by atoms with Crippen LogP contribution < -0.4 is 10.1 Å². The summed E-state index contributed by atoms with van der Waals surface area (Å²) in [5.41, 5.74) is 3.15. The summed E-state index contributed by atoms with van der Waals surface area (Å²) in [5.74, 6) is 5.48. The van der Waals surface area contributed by atoms with Gasteiger partial charge in [0.25, 0.3) is 5.91 Å². The maximum Gasteiger partial charge on any atom is 0.284 e. The van der Waals surface area contributed by atoms with E-state index in [1.807, 2.05) is 30.3 Å². The van der Waals surface area contributed by atoms with Crippen molar-refractivity contribution in [2.45, 2.75) is 31.7 Å². The summed E-state index contributed by atoms with van der Waals surface area (Å²) in [6, 6.07) is 14.3. The Morgan fingerprint density at radius 3 is 2.84 bits per heavy atom. The lowest BCUT2D eigenvalue weighted by Gasteiger charge is -2.22. The topological polar surface area (TPSA) is 94.8 Å². The first-order chi connectivity index (χ1) is 18.1. The molecule has 2 aromatic carbocycles. The molecule has 37 heavy (non-hydrogen) atoms. The van der Waals surface area contributed by atoms with E-state index >= 15 is 0 Å². The summed E-state index contributed by atoms with van der Waals surface area (Å²) in [4.78, 5) is 18.3. The van der Waals surface area contributed by atoms with Gasteiger partial charge in [0.15, 0.2) is 10.8 Å². The van der Waals surface area contributed by atoms with Crippen LogP contribution in [0.5, 0.6) is 5.75 Å². The number of thiazole rings is 1. The van der Waals surface area contributed by atoms with Gasteiger partial charge < -0.3 is 10.1 Å². The number of tetrazole rings is 1. The molecule has 0 bridgehead atoms. The van der Waals surface area contributed by atoms with Gasteiger partial charge in [0.1, 0.15) is 5.75 Å². The van der Waals surface area contributed by atoms with Gasteiger partial charge in [-0.15, -0.1) is 21.5 Å². The molecule has 2 heterocycles. The molecule has 0 unspecified atom stereocenters. The van der Waals surface area contributed by atoms with E-state index in [-0.39, 0.29) is 5.82 Å². The molecule has 1 saturated carbocycles. The molecule has 5 rings (SSSR count). The van der Waals surface area contributed by atoms with Crippen molar-refractivity contribution < 1.29 is 13.9 Å². The van der Waals surface area contributed by atoms with Gasteiger partial charge in [-0.2, -0.15) is 4.80 Å².